The molecule has 2 atom stereocenters. The van der Waals surface area contributed by atoms with E-state index in [1.54, 1.807) is 0 Å². The van der Waals surface area contributed by atoms with Gasteiger partial charge in [0.15, 0.2) is 0 Å². The molecule has 1 fully saturated rings. The van der Waals surface area contributed by atoms with E-state index in [-0.39, 0.29) is 0 Å². The van der Waals surface area contributed by atoms with E-state index in [1.807, 2.05) is 6.07 Å². The van der Waals surface area contributed by atoms with Crippen molar-refractivity contribution in [3.8, 4) is 6.07 Å². The van der Waals surface area contributed by atoms with Crippen LogP contribution in [0.2, 0.25) is 0 Å². The molecule has 0 aromatic carbocycles. The van der Waals surface area contributed by atoms with E-state index in [9.17, 15) is 9.59 Å². The summed E-state index contributed by atoms with van der Waals surface area (Å²) in [7, 11) is 1.23. The average molecular weight is 182 g/mol. The minimum absolute atomic E-state index is 0.503. The van der Waals surface area contributed by atoms with E-state index < -0.39 is 18.2 Å². The largest absolute Gasteiger partial charge is 0.453 e. The van der Waals surface area contributed by atoms with Crippen molar-refractivity contribution in [2.24, 2.45) is 0 Å². The van der Waals surface area contributed by atoms with Crippen LogP contribution < -0.4 is 0 Å². The number of likely N-dealkylation sites (tertiary alicyclic amines) is 1. The van der Waals surface area contributed by atoms with Gasteiger partial charge in [0.25, 0.3) is 0 Å². The van der Waals surface area contributed by atoms with Gasteiger partial charge in [-0.3, -0.25) is 4.90 Å². The number of aldehydes is 1. The van der Waals surface area contributed by atoms with Crippen molar-refractivity contribution in [1.29, 1.82) is 5.26 Å². The van der Waals surface area contributed by atoms with Gasteiger partial charge in [0.05, 0.1) is 19.2 Å². The van der Waals surface area contributed by atoms with Crippen LogP contribution in [0.1, 0.15) is 12.8 Å². The number of amides is 1. The quantitative estimate of drug-likeness (QED) is 0.547. The second-order valence-corrected chi connectivity index (χ2v) is 2.80. The van der Waals surface area contributed by atoms with Crippen molar-refractivity contribution in [1.82, 2.24) is 4.90 Å². The Labute approximate surface area is 75.9 Å². The molecule has 1 saturated heterocycles. The first kappa shape index (κ1) is 9.52. The molecule has 1 heterocycles. The summed E-state index contributed by atoms with van der Waals surface area (Å²) < 4.78 is 4.48. The summed E-state index contributed by atoms with van der Waals surface area (Å²) in [5, 5.41) is 8.68. The van der Waals surface area contributed by atoms with E-state index in [4.69, 9.17) is 5.26 Å². The van der Waals surface area contributed by atoms with E-state index >= 15 is 0 Å². The van der Waals surface area contributed by atoms with Crippen molar-refractivity contribution in [3.63, 3.8) is 0 Å². The Morgan fingerprint density at radius 1 is 1.69 bits per heavy atom. The molecule has 1 amide bonds. The predicted molar refractivity (Wildman–Crippen MR) is 42.7 cm³/mol. The standard InChI is InChI=1S/C8H10N2O3/c1-13-8(12)10-6(4-9)2-3-7(10)5-11/h5-7H,2-3H2,1H3/t6-,7+/m1/s1. The number of nitriles is 1. The van der Waals surface area contributed by atoms with Gasteiger partial charge < -0.3 is 9.53 Å². The van der Waals surface area contributed by atoms with Crippen LogP contribution in [0.15, 0.2) is 0 Å². The molecule has 0 aromatic heterocycles. The molecule has 5 heteroatoms. The monoisotopic (exact) mass is 182 g/mol. The van der Waals surface area contributed by atoms with Gasteiger partial charge in [0.2, 0.25) is 0 Å². The number of rotatable bonds is 1. The zero-order valence-electron chi connectivity index (χ0n) is 7.27. The molecule has 0 radical (unpaired) electrons. The van der Waals surface area contributed by atoms with Crippen molar-refractivity contribution < 1.29 is 14.3 Å². The van der Waals surface area contributed by atoms with Gasteiger partial charge in [-0.2, -0.15) is 5.26 Å². The second kappa shape index (κ2) is 3.90. The summed E-state index contributed by atoms with van der Waals surface area (Å²) >= 11 is 0. The van der Waals surface area contributed by atoms with E-state index in [0.717, 1.165) is 0 Å². The fourth-order valence-electron chi connectivity index (χ4n) is 1.47. The third-order valence-corrected chi connectivity index (χ3v) is 2.12. The molecule has 0 N–H and O–H groups in total. The lowest BCUT2D eigenvalue weighted by Crippen LogP contribution is -2.41. The fourth-order valence-corrected chi connectivity index (χ4v) is 1.47. The van der Waals surface area contributed by atoms with Crippen LogP contribution in [0.4, 0.5) is 4.79 Å². The van der Waals surface area contributed by atoms with Crippen molar-refractivity contribution in [2.75, 3.05) is 7.11 Å². The fraction of sp³-hybridized carbons (Fsp3) is 0.625. The second-order valence-electron chi connectivity index (χ2n) is 2.80. The Morgan fingerprint density at radius 3 is 2.85 bits per heavy atom. The number of methoxy groups -OCH3 is 1. The highest BCUT2D eigenvalue weighted by atomic mass is 16.5. The Balaban J connectivity index is 2.80. The van der Waals surface area contributed by atoms with Crippen LogP contribution in [-0.2, 0) is 9.53 Å². The lowest BCUT2D eigenvalue weighted by atomic mass is 10.2. The van der Waals surface area contributed by atoms with E-state index in [2.05, 4.69) is 4.74 Å². The minimum Gasteiger partial charge on any atom is -0.453 e. The molecule has 0 aliphatic carbocycles. The molecule has 13 heavy (non-hydrogen) atoms. The number of carbonyl (C=O) groups is 2. The number of carbonyl (C=O) groups excluding carboxylic acids is 2. The Bertz CT molecular complexity index is 259. The summed E-state index contributed by atoms with van der Waals surface area (Å²) in [5.41, 5.74) is 0. The summed E-state index contributed by atoms with van der Waals surface area (Å²) in [6.07, 6.45) is 1.14. The molecule has 0 spiro atoms. The van der Waals surface area contributed by atoms with Crippen LogP contribution in [0.25, 0.3) is 0 Å². The third kappa shape index (κ3) is 1.61. The topological polar surface area (TPSA) is 70.4 Å². The van der Waals surface area contributed by atoms with Crippen molar-refractivity contribution in [3.05, 3.63) is 0 Å². The van der Waals surface area contributed by atoms with Crippen molar-refractivity contribution in [2.45, 2.75) is 24.9 Å². The van der Waals surface area contributed by atoms with Gasteiger partial charge in [-0.1, -0.05) is 0 Å². The normalized spacial score (nSPS) is 26.6. The van der Waals surface area contributed by atoms with Crippen LogP contribution in [0.5, 0.6) is 0 Å². The van der Waals surface area contributed by atoms with Crippen LogP contribution >= 0.6 is 0 Å². The lowest BCUT2D eigenvalue weighted by Gasteiger charge is -2.21. The van der Waals surface area contributed by atoms with E-state index in [1.165, 1.54) is 12.0 Å². The molecule has 0 unspecified atom stereocenters. The van der Waals surface area contributed by atoms with Gasteiger partial charge in [-0.15, -0.1) is 0 Å². The van der Waals surface area contributed by atoms with Gasteiger partial charge in [-0.25, -0.2) is 4.79 Å². The number of hydrogen-bond acceptors (Lipinski definition) is 4. The maximum absolute atomic E-state index is 11.1. The molecule has 0 bridgehead atoms. The first-order chi connectivity index (χ1) is 6.24. The summed E-state index contributed by atoms with van der Waals surface area (Å²) in [6, 6.07) is 0.932. The number of ether oxygens (including phenoxy) is 1. The molecule has 70 valence electrons. The lowest BCUT2D eigenvalue weighted by molar-refractivity contribution is -0.111. The predicted octanol–water partition coefficient (Wildman–Crippen LogP) is 0.308. The highest BCUT2D eigenvalue weighted by Gasteiger charge is 2.37. The smallest absolute Gasteiger partial charge is 0.411 e. The van der Waals surface area contributed by atoms with Crippen LogP contribution in [0.3, 0.4) is 0 Å². The van der Waals surface area contributed by atoms with Crippen LogP contribution in [0, 0.1) is 11.3 Å². The number of nitrogens with zero attached hydrogens (tertiary/aromatic N) is 2. The number of hydrogen-bond donors (Lipinski definition) is 0. The van der Waals surface area contributed by atoms with Gasteiger partial charge in [-0.05, 0) is 12.8 Å². The Hall–Kier alpha value is -1.57. The molecule has 0 saturated carbocycles. The Morgan fingerprint density at radius 2 is 2.38 bits per heavy atom. The van der Waals surface area contributed by atoms with Gasteiger partial charge in [0, 0.05) is 0 Å². The summed E-state index contributed by atoms with van der Waals surface area (Å²) in [6.45, 7) is 0. The van der Waals surface area contributed by atoms with E-state index in [0.29, 0.717) is 19.1 Å². The molecule has 5 nitrogen and oxygen atoms in total. The highest BCUT2D eigenvalue weighted by Crippen LogP contribution is 2.22. The summed E-state index contributed by atoms with van der Waals surface area (Å²) in [4.78, 5) is 22.9. The zero-order valence-corrected chi connectivity index (χ0v) is 7.27. The highest BCUT2D eigenvalue weighted by molar-refractivity contribution is 5.75. The first-order valence-electron chi connectivity index (χ1n) is 3.95. The Kier molecular flexibility index (Phi) is 2.85. The molecular formula is C8H10N2O3. The molecule has 1 aliphatic heterocycles. The molecule has 0 aromatic rings. The maximum Gasteiger partial charge on any atom is 0.411 e. The molecular weight excluding hydrogens is 172 g/mol. The SMILES string of the molecule is COC(=O)N1[C@H](C=O)CC[C@@H]1C#N. The minimum atomic E-state index is -0.610. The zero-order chi connectivity index (χ0) is 9.84. The van der Waals surface area contributed by atoms with Gasteiger partial charge in [0.1, 0.15) is 12.3 Å². The first-order valence-corrected chi connectivity index (χ1v) is 3.95. The average Bonchev–Trinajstić information content (AvgIpc) is 2.59. The molecule has 1 aliphatic rings. The third-order valence-electron chi connectivity index (χ3n) is 2.12. The summed E-state index contributed by atoms with van der Waals surface area (Å²) in [5.74, 6) is 0. The van der Waals surface area contributed by atoms with Crippen LogP contribution in [-0.4, -0.2) is 36.5 Å². The van der Waals surface area contributed by atoms with Gasteiger partial charge >= 0.3 is 6.09 Å². The maximum atomic E-state index is 11.1. The molecule has 1 rings (SSSR count). The van der Waals surface area contributed by atoms with Crippen molar-refractivity contribution >= 4 is 12.4 Å².